The Kier molecular flexibility index (Phi) is 3.19. The molecule has 0 radical (unpaired) electrons. The van der Waals surface area contributed by atoms with Crippen LogP contribution in [-0.4, -0.2) is 14.8 Å². The minimum atomic E-state index is 0.695. The van der Waals surface area contributed by atoms with Gasteiger partial charge in [-0.25, -0.2) is 0 Å². The van der Waals surface area contributed by atoms with Gasteiger partial charge in [-0.2, -0.15) is 5.10 Å². The van der Waals surface area contributed by atoms with Gasteiger partial charge in [0.15, 0.2) is 10.6 Å². The van der Waals surface area contributed by atoms with E-state index in [2.05, 4.69) is 40.7 Å². The molecule has 0 saturated heterocycles. The van der Waals surface area contributed by atoms with Gasteiger partial charge in [-0.15, -0.1) is 0 Å². The van der Waals surface area contributed by atoms with Gasteiger partial charge in [0.1, 0.15) is 0 Å². The molecular formula is C12H15N3S. The Bertz CT molecular complexity index is 539. The van der Waals surface area contributed by atoms with Crippen molar-refractivity contribution in [2.24, 2.45) is 0 Å². The first-order chi connectivity index (χ1) is 7.74. The van der Waals surface area contributed by atoms with Crippen molar-refractivity contribution in [2.75, 3.05) is 0 Å². The summed E-state index contributed by atoms with van der Waals surface area (Å²) in [7, 11) is 0. The van der Waals surface area contributed by atoms with Crippen LogP contribution in [0.4, 0.5) is 0 Å². The number of rotatable bonds is 3. The molecule has 1 N–H and O–H groups in total. The van der Waals surface area contributed by atoms with Crippen LogP contribution >= 0.6 is 12.2 Å². The number of aromatic amines is 1. The SMILES string of the molecule is CCCn1c(-c2ccccc2C)n[nH]c1=S. The van der Waals surface area contributed by atoms with E-state index >= 15 is 0 Å². The molecule has 0 aliphatic rings. The van der Waals surface area contributed by atoms with E-state index in [-0.39, 0.29) is 0 Å². The van der Waals surface area contributed by atoms with E-state index in [4.69, 9.17) is 12.2 Å². The average Bonchev–Trinajstić information content (AvgIpc) is 2.62. The maximum atomic E-state index is 5.23. The number of hydrogen-bond donors (Lipinski definition) is 1. The Balaban J connectivity index is 2.56. The largest absolute Gasteiger partial charge is 0.300 e. The number of nitrogens with zero attached hydrogens (tertiary/aromatic N) is 2. The third kappa shape index (κ3) is 1.93. The highest BCUT2D eigenvalue weighted by molar-refractivity contribution is 7.71. The molecule has 1 aromatic heterocycles. The lowest BCUT2D eigenvalue weighted by Gasteiger charge is -2.07. The first-order valence-electron chi connectivity index (χ1n) is 5.45. The Labute approximate surface area is 100 Å². The summed E-state index contributed by atoms with van der Waals surface area (Å²) in [6.07, 6.45) is 1.05. The lowest BCUT2D eigenvalue weighted by atomic mass is 10.1. The van der Waals surface area contributed by atoms with E-state index in [1.807, 2.05) is 12.1 Å². The molecule has 4 heteroatoms. The zero-order valence-corrected chi connectivity index (χ0v) is 10.3. The zero-order chi connectivity index (χ0) is 11.5. The molecule has 0 amide bonds. The summed E-state index contributed by atoms with van der Waals surface area (Å²) in [5, 5.41) is 7.17. The zero-order valence-electron chi connectivity index (χ0n) is 9.53. The van der Waals surface area contributed by atoms with E-state index in [1.165, 1.54) is 5.56 Å². The van der Waals surface area contributed by atoms with Crippen LogP contribution in [0.5, 0.6) is 0 Å². The fraction of sp³-hybridized carbons (Fsp3) is 0.333. The lowest BCUT2D eigenvalue weighted by molar-refractivity contribution is 0.674. The summed E-state index contributed by atoms with van der Waals surface area (Å²) in [6.45, 7) is 5.12. The molecule has 16 heavy (non-hydrogen) atoms. The number of benzene rings is 1. The number of aromatic nitrogens is 3. The smallest absolute Gasteiger partial charge is 0.195 e. The predicted molar refractivity (Wildman–Crippen MR) is 67.9 cm³/mol. The molecule has 0 unspecified atom stereocenters. The number of H-pyrrole nitrogens is 1. The lowest BCUT2D eigenvalue weighted by Crippen LogP contribution is -2.00. The van der Waals surface area contributed by atoms with Crippen molar-refractivity contribution in [1.82, 2.24) is 14.8 Å². The summed E-state index contributed by atoms with van der Waals surface area (Å²) in [4.78, 5) is 0. The molecule has 0 spiro atoms. The van der Waals surface area contributed by atoms with Crippen LogP contribution in [0.2, 0.25) is 0 Å². The van der Waals surface area contributed by atoms with Gasteiger partial charge in [0.2, 0.25) is 0 Å². The van der Waals surface area contributed by atoms with Gasteiger partial charge in [0, 0.05) is 12.1 Å². The minimum absolute atomic E-state index is 0.695. The van der Waals surface area contributed by atoms with Gasteiger partial charge in [-0.05, 0) is 31.1 Å². The third-order valence-electron chi connectivity index (χ3n) is 2.59. The average molecular weight is 233 g/mol. The molecule has 0 saturated carbocycles. The second kappa shape index (κ2) is 4.61. The van der Waals surface area contributed by atoms with Crippen LogP contribution in [0, 0.1) is 11.7 Å². The Hall–Kier alpha value is -1.42. The highest BCUT2D eigenvalue weighted by Gasteiger charge is 2.09. The van der Waals surface area contributed by atoms with Crippen LogP contribution in [0.1, 0.15) is 18.9 Å². The molecule has 1 heterocycles. The molecule has 1 aromatic carbocycles. The first kappa shape index (κ1) is 11.1. The van der Waals surface area contributed by atoms with Gasteiger partial charge < -0.3 is 4.57 Å². The van der Waals surface area contributed by atoms with E-state index in [0.29, 0.717) is 4.77 Å². The normalized spacial score (nSPS) is 10.6. The molecule has 2 aromatic rings. The van der Waals surface area contributed by atoms with E-state index < -0.39 is 0 Å². The standard InChI is InChI=1S/C12H15N3S/c1-3-8-15-11(13-14-12(15)16)10-7-5-4-6-9(10)2/h4-7H,3,8H2,1-2H3,(H,14,16). The van der Waals surface area contributed by atoms with Crippen molar-refractivity contribution in [2.45, 2.75) is 26.8 Å². The number of hydrogen-bond acceptors (Lipinski definition) is 2. The van der Waals surface area contributed by atoms with Crippen molar-refractivity contribution in [3.8, 4) is 11.4 Å². The van der Waals surface area contributed by atoms with Crippen LogP contribution in [0.25, 0.3) is 11.4 Å². The fourth-order valence-corrected chi connectivity index (χ4v) is 2.00. The predicted octanol–water partition coefficient (Wildman–Crippen LogP) is 3.33. The summed E-state index contributed by atoms with van der Waals surface area (Å²) in [5.41, 5.74) is 2.36. The quantitative estimate of drug-likeness (QED) is 0.825. The molecule has 0 fully saturated rings. The van der Waals surface area contributed by atoms with Crippen LogP contribution in [0.3, 0.4) is 0 Å². The van der Waals surface area contributed by atoms with Crippen molar-refractivity contribution >= 4 is 12.2 Å². The first-order valence-corrected chi connectivity index (χ1v) is 5.86. The highest BCUT2D eigenvalue weighted by Crippen LogP contribution is 2.21. The van der Waals surface area contributed by atoms with E-state index in [1.54, 1.807) is 0 Å². The minimum Gasteiger partial charge on any atom is -0.300 e. The van der Waals surface area contributed by atoms with Crippen molar-refractivity contribution < 1.29 is 0 Å². The second-order valence-electron chi connectivity index (χ2n) is 3.82. The topological polar surface area (TPSA) is 33.6 Å². The molecule has 0 aliphatic carbocycles. The molecule has 0 atom stereocenters. The molecule has 84 valence electrons. The maximum absolute atomic E-state index is 5.23. The number of aryl methyl sites for hydroxylation is 1. The molecular weight excluding hydrogens is 218 g/mol. The maximum Gasteiger partial charge on any atom is 0.195 e. The Morgan fingerprint density at radius 3 is 2.81 bits per heavy atom. The van der Waals surface area contributed by atoms with E-state index in [9.17, 15) is 0 Å². The summed E-state index contributed by atoms with van der Waals surface area (Å²) >= 11 is 5.23. The summed E-state index contributed by atoms with van der Waals surface area (Å²) < 4.78 is 2.75. The van der Waals surface area contributed by atoms with E-state index in [0.717, 1.165) is 24.4 Å². The van der Waals surface area contributed by atoms with Crippen LogP contribution in [-0.2, 0) is 6.54 Å². The van der Waals surface area contributed by atoms with Crippen LogP contribution in [0.15, 0.2) is 24.3 Å². The fourth-order valence-electron chi connectivity index (χ4n) is 1.78. The van der Waals surface area contributed by atoms with Crippen molar-refractivity contribution in [3.05, 3.63) is 34.6 Å². The van der Waals surface area contributed by atoms with Crippen molar-refractivity contribution in [3.63, 3.8) is 0 Å². The van der Waals surface area contributed by atoms with Gasteiger partial charge in [-0.1, -0.05) is 31.2 Å². The third-order valence-corrected chi connectivity index (χ3v) is 2.90. The van der Waals surface area contributed by atoms with Gasteiger partial charge in [0.25, 0.3) is 0 Å². The molecule has 2 rings (SSSR count). The van der Waals surface area contributed by atoms with Crippen molar-refractivity contribution in [1.29, 1.82) is 0 Å². The summed E-state index contributed by atoms with van der Waals surface area (Å²) in [5.74, 6) is 0.935. The monoisotopic (exact) mass is 233 g/mol. The summed E-state index contributed by atoms with van der Waals surface area (Å²) in [6, 6.07) is 8.22. The number of nitrogens with one attached hydrogen (secondary N) is 1. The van der Waals surface area contributed by atoms with Gasteiger partial charge >= 0.3 is 0 Å². The second-order valence-corrected chi connectivity index (χ2v) is 4.21. The highest BCUT2D eigenvalue weighted by atomic mass is 32.1. The van der Waals surface area contributed by atoms with Crippen LogP contribution < -0.4 is 0 Å². The van der Waals surface area contributed by atoms with Gasteiger partial charge in [-0.3, -0.25) is 5.10 Å². The Morgan fingerprint density at radius 2 is 2.12 bits per heavy atom. The molecule has 0 aliphatic heterocycles. The Morgan fingerprint density at radius 1 is 1.38 bits per heavy atom. The molecule has 3 nitrogen and oxygen atoms in total. The molecule has 0 bridgehead atoms. The van der Waals surface area contributed by atoms with Gasteiger partial charge in [0.05, 0.1) is 0 Å².